The lowest BCUT2D eigenvalue weighted by atomic mass is 10.1. The van der Waals surface area contributed by atoms with E-state index in [0.29, 0.717) is 25.5 Å². The molecule has 1 heterocycles. The Morgan fingerprint density at radius 1 is 1.50 bits per heavy atom. The molecule has 1 rings (SSSR count). The fraction of sp³-hybridized carbons (Fsp3) is 0.909. The Labute approximate surface area is 96.9 Å². The Bertz CT molecular complexity index is 194. The van der Waals surface area contributed by atoms with Crippen LogP contribution in [0.3, 0.4) is 0 Å². The van der Waals surface area contributed by atoms with E-state index in [0.717, 1.165) is 32.7 Å². The molecule has 0 aliphatic carbocycles. The van der Waals surface area contributed by atoms with E-state index in [9.17, 15) is 4.79 Å². The summed E-state index contributed by atoms with van der Waals surface area (Å²) in [5.41, 5.74) is 0. The van der Waals surface area contributed by atoms with E-state index in [1.165, 1.54) is 0 Å². The molecular formula is C11H22N2O3. The highest BCUT2D eigenvalue weighted by atomic mass is 16.5. The van der Waals surface area contributed by atoms with Gasteiger partial charge in [-0.2, -0.15) is 0 Å². The monoisotopic (exact) mass is 230 g/mol. The molecule has 0 spiro atoms. The molecule has 1 aliphatic heterocycles. The summed E-state index contributed by atoms with van der Waals surface area (Å²) < 4.78 is 10.1. The van der Waals surface area contributed by atoms with Crippen molar-refractivity contribution in [2.45, 2.75) is 12.8 Å². The van der Waals surface area contributed by atoms with E-state index in [4.69, 9.17) is 9.47 Å². The van der Waals surface area contributed by atoms with E-state index >= 15 is 0 Å². The molecule has 1 amide bonds. The number of amides is 1. The lowest BCUT2D eigenvalue weighted by Crippen LogP contribution is -2.31. The Morgan fingerprint density at radius 3 is 3.06 bits per heavy atom. The van der Waals surface area contributed by atoms with Crippen LogP contribution in [0, 0.1) is 5.92 Å². The first-order chi connectivity index (χ1) is 7.83. The standard InChI is InChI=1S/C11H22N2O3/c1-15-7-5-13-11(14)2-4-12-8-10-3-6-16-9-10/h10,12H,2-9H2,1H3,(H,13,14). The maximum Gasteiger partial charge on any atom is 0.221 e. The van der Waals surface area contributed by atoms with Gasteiger partial charge in [-0.15, -0.1) is 0 Å². The Kier molecular flexibility index (Phi) is 7.12. The smallest absolute Gasteiger partial charge is 0.221 e. The van der Waals surface area contributed by atoms with Crippen LogP contribution in [0.1, 0.15) is 12.8 Å². The van der Waals surface area contributed by atoms with E-state index in [2.05, 4.69) is 10.6 Å². The SMILES string of the molecule is COCCNC(=O)CCNCC1CCOC1. The molecule has 0 aromatic heterocycles. The van der Waals surface area contributed by atoms with Crippen LogP contribution in [0.5, 0.6) is 0 Å². The molecule has 0 bridgehead atoms. The normalized spacial score (nSPS) is 19.9. The predicted octanol–water partition coefficient (Wildman–Crippen LogP) is -0.235. The van der Waals surface area contributed by atoms with Gasteiger partial charge in [0.15, 0.2) is 0 Å². The van der Waals surface area contributed by atoms with Crippen molar-refractivity contribution in [2.24, 2.45) is 5.92 Å². The van der Waals surface area contributed by atoms with Crippen molar-refractivity contribution in [1.82, 2.24) is 10.6 Å². The average molecular weight is 230 g/mol. The minimum atomic E-state index is 0.0761. The van der Waals surface area contributed by atoms with E-state index in [-0.39, 0.29) is 5.91 Å². The summed E-state index contributed by atoms with van der Waals surface area (Å²) in [6.45, 7) is 4.57. The second-order valence-corrected chi connectivity index (χ2v) is 4.03. The van der Waals surface area contributed by atoms with Crippen LogP contribution in [0.25, 0.3) is 0 Å². The average Bonchev–Trinajstić information content (AvgIpc) is 2.78. The van der Waals surface area contributed by atoms with Crippen molar-refractivity contribution >= 4 is 5.91 Å². The zero-order valence-corrected chi connectivity index (χ0v) is 9.96. The lowest BCUT2D eigenvalue weighted by Gasteiger charge is -2.09. The van der Waals surface area contributed by atoms with Gasteiger partial charge in [0, 0.05) is 39.8 Å². The minimum absolute atomic E-state index is 0.0761. The first kappa shape index (κ1) is 13.4. The van der Waals surface area contributed by atoms with Crippen LogP contribution in [0.2, 0.25) is 0 Å². The third kappa shape index (κ3) is 6.05. The summed E-state index contributed by atoms with van der Waals surface area (Å²) in [5, 5.41) is 6.06. The van der Waals surface area contributed by atoms with Crippen LogP contribution < -0.4 is 10.6 Å². The Morgan fingerprint density at radius 2 is 2.38 bits per heavy atom. The van der Waals surface area contributed by atoms with Crippen molar-refractivity contribution in [3.8, 4) is 0 Å². The van der Waals surface area contributed by atoms with Crippen LogP contribution in [-0.2, 0) is 14.3 Å². The zero-order valence-electron chi connectivity index (χ0n) is 9.96. The quantitative estimate of drug-likeness (QED) is 0.565. The number of methoxy groups -OCH3 is 1. The number of carbonyl (C=O) groups excluding carboxylic acids is 1. The van der Waals surface area contributed by atoms with Crippen molar-refractivity contribution in [3.05, 3.63) is 0 Å². The number of ether oxygens (including phenoxy) is 2. The number of hydrogen-bond acceptors (Lipinski definition) is 4. The largest absolute Gasteiger partial charge is 0.383 e. The van der Waals surface area contributed by atoms with Gasteiger partial charge in [0.1, 0.15) is 0 Å². The summed E-state index contributed by atoms with van der Waals surface area (Å²) in [5.74, 6) is 0.698. The molecule has 5 nitrogen and oxygen atoms in total. The fourth-order valence-electron chi connectivity index (χ4n) is 1.63. The first-order valence-electron chi connectivity index (χ1n) is 5.87. The number of rotatable bonds is 8. The molecule has 1 atom stereocenters. The molecule has 16 heavy (non-hydrogen) atoms. The molecule has 5 heteroatoms. The molecule has 0 radical (unpaired) electrons. The van der Waals surface area contributed by atoms with Gasteiger partial charge in [-0.1, -0.05) is 0 Å². The molecule has 94 valence electrons. The molecule has 1 fully saturated rings. The highest BCUT2D eigenvalue weighted by Gasteiger charge is 2.14. The number of hydrogen-bond donors (Lipinski definition) is 2. The molecule has 0 saturated carbocycles. The molecule has 2 N–H and O–H groups in total. The number of carbonyl (C=O) groups is 1. The van der Waals surface area contributed by atoms with E-state index in [1.807, 2.05) is 0 Å². The molecule has 0 aromatic carbocycles. The fourth-order valence-corrected chi connectivity index (χ4v) is 1.63. The maximum atomic E-state index is 11.3. The van der Waals surface area contributed by atoms with Crippen LogP contribution in [0.4, 0.5) is 0 Å². The summed E-state index contributed by atoms with van der Waals surface area (Å²) in [4.78, 5) is 11.3. The first-order valence-corrected chi connectivity index (χ1v) is 5.87. The minimum Gasteiger partial charge on any atom is -0.383 e. The molecule has 0 aromatic rings. The van der Waals surface area contributed by atoms with Crippen LogP contribution in [0.15, 0.2) is 0 Å². The third-order valence-electron chi connectivity index (χ3n) is 2.61. The predicted molar refractivity (Wildman–Crippen MR) is 61.3 cm³/mol. The summed E-state index contributed by atoms with van der Waals surface area (Å²) in [7, 11) is 1.62. The Balaban J connectivity index is 1.87. The van der Waals surface area contributed by atoms with Crippen LogP contribution in [-0.4, -0.2) is 52.5 Å². The highest BCUT2D eigenvalue weighted by Crippen LogP contribution is 2.10. The third-order valence-corrected chi connectivity index (χ3v) is 2.61. The van der Waals surface area contributed by atoms with Gasteiger partial charge in [-0.25, -0.2) is 0 Å². The molecular weight excluding hydrogens is 208 g/mol. The van der Waals surface area contributed by atoms with E-state index < -0.39 is 0 Å². The van der Waals surface area contributed by atoms with Crippen molar-refractivity contribution in [3.63, 3.8) is 0 Å². The summed E-state index contributed by atoms with van der Waals surface area (Å²) >= 11 is 0. The summed E-state index contributed by atoms with van der Waals surface area (Å²) in [6.07, 6.45) is 1.66. The van der Waals surface area contributed by atoms with Gasteiger partial charge < -0.3 is 20.1 Å². The van der Waals surface area contributed by atoms with Gasteiger partial charge in [-0.3, -0.25) is 4.79 Å². The highest BCUT2D eigenvalue weighted by molar-refractivity contribution is 5.75. The van der Waals surface area contributed by atoms with E-state index in [1.54, 1.807) is 7.11 Å². The zero-order chi connectivity index (χ0) is 11.6. The maximum absolute atomic E-state index is 11.3. The molecule has 1 aliphatic rings. The lowest BCUT2D eigenvalue weighted by molar-refractivity contribution is -0.121. The second kappa shape index (κ2) is 8.50. The molecule has 1 saturated heterocycles. The van der Waals surface area contributed by atoms with Crippen molar-refractivity contribution < 1.29 is 14.3 Å². The van der Waals surface area contributed by atoms with Gasteiger partial charge in [-0.05, 0) is 12.3 Å². The van der Waals surface area contributed by atoms with Gasteiger partial charge in [0.05, 0.1) is 13.2 Å². The molecule has 1 unspecified atom stereocenters. The number of nitrogens with one attached hydrogen (secondary N) is 2. The second-order valence-electron chi connectivity index (χ2n) is 4.03. The topological polar surface area (TPSA) is 59.6 Å². The summed E-state index contributed by atoms with van der Waals surface area (Å²) in [6, 6.07) is 0. The van der Waals surface area contributed by atoms with Crippen LogP contribution >= 0.6 is 0 Å². The van der Waals surface area contributed by atoms with Gasteiger partial charge in [0.25, 0.3) is 0 Å². The van der Waals surface area contributed by atoms with Gasteiger partial charge >= 0.3 is 0 Å². The van der Waals surface area contributed by atoms with Crippen molar-refractivity contribution in [2.75, 3.05) is 46.6 Å². The van der Waals surface area contributed by atoms with Crippen molar-refractivity contribution in [1.29, 1.82) is 0 Å². The Hall–Kier alpha value is -0.650. The van der Waals surface area contributed by atoms with Gasteiger partial charge in [0.2, 0.25) is 5.91 Å².